The van der Waals surface area contributed by atoms with Crippen molar-refractivity contribution in [1.82, 2.24) is 10.3 Å². The largest absolute Gasteiger partial charge is 0.378 e. The fraction of sp³-hybridized carbons (Fsp3) is 0.190. The number of amidine groups is 1. The van der Waals surface area contributed by atoms with Gasteiger partial charge in [-0.25, -0.2) is 5.01 Å². The molecule has 0 saturated carbocycles. The summed E-state index contributed by atoms with van der Waals surface area (Å²) in [6.45, 7) is 3.73. The third-order valence-electron chi connectivity index (χ3n) is 4.56. The van der Waals surface area contributed by atoms with Crippen LogP contribution in [0.1, 0.15) is 11.7 Å². The maximum Gasteiger partial charge on any atom is 0.276 e. The van der Waals surface area contributed by atoms with Crippen LogP contribution < -0.4 is 20.8 Å². The van der Waals surface area contributed by atoms with Gasteiger partial charge >= 0.3 is 0 Å². The summed E-state index contributed by atoms with van der Waals surface area (Å²) in [5.74, 6) is 0.497. The lowest BCUT2D eigenvalue weighted by Crippen LogP contribution is -2.50. The molecule has 6 nitrogen and oxygen atoms in total. The highest BCUT2D eigenvalue weighted by Gasteiger charge is 2.34. The highest BCUT2D eigenvalue weighted by Crippen LogP contribution is 2.31. The molecule has 142 valence electrons. The Labute approximate surface area is 167 Å². The minimum atomic E-state index is -0.397. The van der Waals surface area contributed by atoms with E-state index in [9.17, 15) is 4.79 Å². The number of nitrogens with one attached hydrogen (secondary N) is 1. The van der Waals surface area contributed by atoms with Crippen LogP contribution in [0.3, 0.4) is 0 Å². The van der Waals surface area contributed by atoms with E-state index in [1.165, 1.54) is 11.8 Å². The van der Waals surface area contributed by atoms with Gasteiger partial charge in [-0.3, -0.25) is 15.1 Å². The predicted octanol–water partition coefficient (Wildman–Crippen LogP) is 1.81. The van der Waals surface area contributed by atoms with Crippen LogP contribution in [0.25, 0.3) is 5.70 Å². The number of thioether (sulfide) groups is 1. The molecule has 0 aliphatic carbocycles. The van der Waals surface area contributed by atoms with Crippen LogP contribution >= 0.6 is 11.8 Å². The molecule has 1 atom stereocenters. The lowest BCUT2D eigenvalue weighted by atomic mass is 10.1. The summed E-state index contributed by atoms with van der Waals surface area (Å²) >= 11 is 1.44. The predicted molar refractivity (Wildman–Crippen MR) is 114 cm³/mol. The number of anilines is 1. The first kappa shape index (κ1) is 18.3. The minimum Gasteiger partial charge on any atom is -0.378 e. The van der Waals surface area contributed by atoms with Crippen LogP contribution in [0, 0.1) is 0 Å². The van der Waals surface area contributed by atoms with Gasteiger partial charge in [-0.15, -0.1) is 11.7 Å². The second-order valence-electron chi connectivity index (χ2n) is 6.66. The van der Waals surface area contributed by atoms with Crippen molar-refractivity contribution in [2.75, 3.05) is 24.7 Å². The van der Waals surface area contributed by atoms with Gasteiger partial charge in [0.2, 0.25) is 0 Å². The first-order valence-corrected chi connectivity index (χ1v) is 9.94. The number of nitrogens with zero attached hydrogens (tertiary/aromatic N) is 4. The number of carbonyl (C=O) groups excluding carboxylic acids is 1. The van der Waals surface area contributed by atoms with Crippen molar-refractivity contribution in [3.63, 3.8) is 0 Å². The van der Waals surface area contributed by atoms with Gasteiger partial charge in [-0.1, -0.05) is 48.2 Å². The average Bonchev–Trinajstić information content (AvgIpc) is 2.71. The van der Waals surface area contributed by atoms with Gasteiger partial charge in [0, 0.05) is 30.8 Å². The zero-order chi connectivity index (χ0) is 19.7. The van der Waals surface area contributed by atoms with E-state index in [0.29, 0.717) is 16.6 Å². The van der Waals surface area contributed by atoms with Crippen LogP contribution in [0.5, 0.6) is 0 Å². The SMILES string of the molecule is C=CCSC1=NN2C(=c3ccccc3=NC2c2ccc(N(C)C)cc2)C(=O)N1. The van der Waals surface area contributed by atoms with E-state index >= 15 is 0 Å². The lowest BCUT2D eigenvalue weighted by Gasteiger charge is -2.34. The number of fused-ring (bicyclic) bond motifs is 2. The van der Waals surface area contributed by atoms with Crippen molar-refractivity contribution >= 4 is 34.2 Å². The number of hydrogen-bond acceptors (Lipinski definition) is 6. The van der Waals surface area contributed by atoms with Gasteiger partial charge in [0.05, 0.1) is 5.36 Å². The zero-order valence-corrected chi connectivity index (χ0v) is 16.6. The Kier molecular flexibility index (Phi) is 4.92. The Balaban J connectivity index is 1.85. The topological polar surface area (TPSA) is 60.3 Å². The van der Waals surface area contributed by atoms with Crippen molar-refractivity contribution < 1.29 is 4.79 Å². The summed E-state index contributed by atoms with van der Waals surface area (Å²) in [6, 6.07) is 15.8. The van der Waals surface area contributed by atoms with Crippen LogP contribution in [0.4, 0.5) is 5.69 Å². The fourth-order valence-corrected chi connectivity index (χ4v) is 3.78. The van der Waals surface area contributed by atoms with E-state index in [0.717, 1.165) is 21.8 Å². The molecular weight excluding hydrogens is 370 g/mol. The second kappa shape index (κ2) is 7.52. The van der Waals surface area contributed by atoms with Crippen molar-refractivity contribution in [3.05, 3.63) is 77.3 Å². The quantitative estimate of drug-likeness (QED) is 0.808. The molecule has 0 fully saturated rings. The molecule has 0 bridgehead atoms. The minimum absolute atomic E-state index is 0.168. The molecule has 2 aromatic carbocycles. The summed E-state index contributed by atoms with van der Waals surface area (Å²) in [5.41, 5.74) is 2.60. The van der Waals surface area contributed by atoms with Gasteiger partial charge in [-0.05, 0) is 23.8 Å². The van der Waals surface area contributed by atoms with Crippen molar-refractivity contribution in [2.45, 2.75) is 6.17 Å². The summed E-state index contributed by atoms with van der Waals surface area (Å²) < 4.78 is 0. The van der Waals surface area contributed by atoms with Crippen LogP contribution in [-0.4, -0.2) is 35.9 Å². The number of amides is 1. The Morgan fingerprint density at radius 3 is 2.68 bits per heavy atom. The fourth-order valence-electron chi connectivity index (χ4n) is 3.19. The molecule has 4 rings (SSSR count). The molecule has 0 aromatic heterocycles. The number of para-hydroxylation sites is 1. The molecular formula is C21H21N5OS. The van der Waals surface area contributed by atoms with E-state index in [-0.39, 0.29) is 5.91 Å². The van der Waals surface area contributed by atoms with E-state index < -0.39 is 6.17 Å². The molecule has 1 N–H and O–H groups in total. The van der Waals surface area contributed by atoms with Gasteiger partial charge in [0.1, 0.15) is 5.70 Å². The normalized spacial score (nSPS) is 17.7. The lowest BCUT2D eigenvalue weighted by molar-refractivity contribution is -0.116. The molecule has 2 aromatic rings. The molecule has 0 saturated heterocycles. The zero-order valence-electron chi connectivity index (χ0n) is 15.8. The second-order valence-corrected chi connectivity index (χ2v) is 7.67. The highest BCUT2D eigenvalue weighted by molar-refractivity contribution is 8.14. The molecule has 0 spiro atoms. The molecule has 2 heterocycles. The van der Waals surface area contributed by atoms with Gasteiger partial charge in [0.25, 0.3) is 5.91 Å². The van der Waals surface area contributed by atoms with Gasteiger partial charge in [-0.2, -0.15) is 0 Å². The molecule has 2 aliphatic heterocycles. The number of carbonyl (C=O) groups is 1. The van der Waals surface area contributed by atoms with E-state index in [1.807, 2.05) is 67.5 Å². The standard InChI is InChI=1S/C21H21N5OS/c1-4-13-28-21-23-20(27)18-16-7-5-6-8-17(16)22-19(26(18)24-21)14-9-11-15(12-10-14)25(2)3/h4-12,19H,1,13H2,2-3H3,(H,23,24,27). The Morgan fingerprint density at radius 2 is 1.96 bits per heavy atom. The van der Waals surface area contributed by atoms with Crippen LogP contribution in [0.15, 0.2) is 71.3 Å². The van der Waals surface area contributed by atoms with Crippen LogP contribution in [0.2, 0.25) is 0 Å². The summed E-state index contributed by atoms with van der Waals surface area (Å²) in [6.07, 6.45) is 1.39. The summed E-state index contributed by atoms with van der Waals surface area (Å²) in [7, 11) is 4.01. The Hall–Kier alpha value is -3.06. The molecule has 7 heteroatoms. The van der Waals surface area contributed by atoms with Crippen molar-refractivity contribution in [3.8, 4) is 0 Å². The molecule has 28 heavy (non-hydrogen) atoms. The molecule has 2 aliphatic rings. The maximum atomic E-state index is 12.9. The highest BCUT2D eigenvalue weighted by atomic mass is 32.2. The maximum absolute atomic E-state index is 12.9. The Bertz CT molecular complexity index is 1070. The summed E-state index contributed by atoms with van der Waals surface area (Å²) in [5, 5.41) is 11.5. The molecule has 1 amide bonds. The molecule has 0 radical (unpaired) electrons. The number of rotatable bonds is 4. The van der Waals surface area contributed by atoms with Crippen molar-refractivity contribution in [1.29, 1.82) is 0 Å². The average molecular weight is 392 g/mol. The van der Waals surface area contributed by atoms with Crippen molar-refractivity contribution in [2.24, 2.45) is 10.1 Å². The van der Waals surface area contributed by atoms with E-state index in [2.05, 4.69) is 11.9 Å². The number of hydrazone groups is 1. The summed E-state index contributed by atoms with van der Waals surface area (Å²) in [4.78, 5) is 19.9. The van der Waals surface area contributed by atoms with Gasteiger partial charge < -0.3 is 4.90 Å². The molecule has 1 unspecified atom stereocenters. The third-order valence-corrected chi connectivity index (χ3v) is 5.42. The van der Waals surface area contributed by atoms with Crippen LogP contribution in [-0.2, 0) is 4.79 Å². The monoisotopic (exact) mass is 391 g/mol. The number of benzene rings is 2. The third kappa shape index (κ3) is 3.29. The number of hydrogen-bond donors (Lipinski definition) is 1. The van der Waals surface area contributed by atoms with E-state index in [1.54, 1.807) is 11.1 Å². The first-order chi connectivity index (χ1) is 13.6. The van der Waals surface area contributed by atoms with Gasteiger partial charge in [0.15, 0.2) is 11.3 Å². The smallest absolute Gasteiger partial charge is 0.276 e. The first-order valence-electron chi connectivity index (χ1n) is 8.96. The van der Waals surface area contributed by atoms with E-state index in [4.69, 9.17) is 10.1 Å². The Morgan fingerprint density at radius 1 is 1.21 bits per heavy atom.